The van der Waals surface area contributed by atoms with Gasteiger partial charge in [-0.1, -0.05) is 12.1 Å². The van der Waals surface area contributed by atoms with E-state index < -0.39 is 27.2 Å². The average Bonchev–Trinajstić information content (AvgIpc) is 2.60. The molecular formula is C16H10N4O6. The molecule has 10 heteroatoms. The first kappa shape index (κ1) is 18.1. The summed E-state index contributed by atoms with van der Waals surface area (Å²) in [5.74, 6) is -1.39. The van der Waals surface area contributed by atoms with Gasteiger partial charge in [-0.05, 0) is 23.8 Å². The molecule has 0 atom stereocenters. The van der Waals surface area contributed by atoms with E-state index in [0.717, 1.165) is 24.3 Å². The number of anilines is 1. The van der Waals surface area contributed by atoms with Crippen molar-refractivity contribution in [1.29, 1.82) is 5.26 Å². The molecule has 0 aliphatic carbocycles. The molecule has 2 N–H and O–H groups in total. The lowest BCUT2D eigenvalue weighted by molar-refractivity contribution is -0.385. The number of nitriles is 1. The molecule has 10 nitrogen and oxygen atoms in total. The Bertz CT molecular complexity index is 977. The highest BCUT2D eigenvalue weighted by Crippen LogP contribution is 2.27. The highest BCUT2D eigenvalue weighted by atomic mass is 16.6. The van der Waals surface area contributed by atoms with Crippen molar-refractivity contribution < 1.29 is 19.7 Å². The quantitative estimate of drug-likeness (QED) is 0.361. The molecule has 0 fully saturated rings. The minimum atomic E-state index is -0.844. The summed E-state index contributed by atoms with van der Waals surface area (Å²) in [7, 11) is 0. The Kier molecular flexibility index (Phi) is 5.24. The minimum absolute atomic E-state index is 0.113. The van der Waals surface area contributed by atoms with Gasteiger partial charge in [0.25, 0.3) is 11.6 Å². The minimum Gasteiger partial charge on any atom is -0.502 e. The number of aromatic hydroxyl groups is 1. The van der Waals surface area contributed by atoms with Crippen LogP contribution < -0.4 is 5.32 Å². The maximum atomic E-state index is 12.2. The SMILES string of the molecule is N#C/C(=C\c1ccc(O)c([N+](=O)[O-])c1)C(=O)Nc1cccc([N+](=O)[O-])c1. The molecule has 0 aliphatic heterocycles. The molecule has 0 spiro atoms. The summed E-state index contributed by atoms with van der Waals surface area (Å²) in [5.41, 5.74) is -0.923. The lowest BCUT2D eigenvalue weighted by Gasteiger charge is -2.04. The summed E-state index contributed by atoms with van der Waals surface area (Å²) in [5, 5.41) is 42.4. The summed E-state index contributed by atoms with van der Waals surface area (Å²) in [6.45, 7) is 0. The molecule has 0 aliphatic rings. The van der Waals surface area contributed by atoms with Crippen LogP contribution in [-0.2, 0) is 4.79 Å². The van der Waals surface area contributed by atoms with Crippen molar-refractivity contribution in [3.63, 3.8) is 0 Å². The van der Waals surface area contributed by atoms with E-state index in [1.165, 1.54) is 24.3 Å². The van der Waals surface area contributed by atoms with E-state index in [1.54, 1.807) is 6.07 Å². The third-order valence-corrected chi connectivity index (χ3v) is 3.19. The fourth-order valence-electron chi connectivity index (χ4n) is 1.99. The highest BCUT2D eigenvalue weighted by Gasteiger charge is 2.15. The molecule has 0 saturated carbocycles. The number of nitrogens with zero attached hydrogens (tertiary/aromatic N) is 3. The second-order valence-electron chi connectivity index (χ2n) is 4.94. The van der Waals surface area contributed by atoms with Crippen molar-refractivity contribution in [2.75, 3.05) is 5.32 Å². The van der Waals surface area contributed by atoms with Crippen LogP contribution in [0, 0.1) is 31.6 Å². The van der Waals surface area contributed by atoms with Crippen LogP contribution in [0.2, 0.25) is 0 Å². The Morgan fingerprint density at radius 1 is 1.15 bits per heavy atom. The first-order valence-corrected chi connectivity index (χ1v) is 6.97. The van der Waals surface area contributed by atoms with Crippen LogP contribution in [0.15, 0.2) is 48.0 Å². The van der Waals surface area contributed by atoms with Crippen LogP contribution in [0.3, 0.4) is 0 Å². The third kappa shape index (κ3) is 4.18. The van der Waals surface area contributed by atoms with Gasteiger partial charge in [-0.25, -0.2) is 0 Å². The molecule has 2 aromatic carbocycles. The Labute approximate surface area is 145 Å². The fraction of sp³-hybridized carbons (Fsp3) is 0. The summed E-state index contributed by atoms with van der Waals surface area (Å²) in [6, 6.07) is 10.2. The Balaban J connectivity index is 2.29. The zero-order valence-corrected chi connectivity index (χ0v) is 12.9. The van der Waals surface area contributed by atoms with Crippen LogP contribution in [0.4, 0.5) is 17.1 Å². The topological polar surface area (TPSA) is 159 Å². The standard InChI is InChI=1S/C16H10N4O6/c17-9-11(6-10-4-5-15(21)14(7-10)20(25)26)16(22)18-12-2-1-3-13(8-12)19(23)24/h1-8,21H,(H,18,22)/b11-6+. The molecule has 26 heavy (non-hydrogen) atoms. The van der Waals surface area contributed by atoms with Crippen LogP contribution in [0.5, 0.6) is 5.75 Å². The molecule has 0 unspecified atom stereocenters. The van der Waals surface area contributed by atoms with Crippen LogP contribution in [0.25, 0.3) is 6.08 Å². The smallest absolute Gasteiger partial charge is 0.311 e. The van der Waals surface area contributed by atoms with E-state index in [1.807, 2.05) is 0 Å². The van der Waals surface area contributed by atoms with Crippen molar-refractivity contribution in [3.8, 4) is 11.8 Å². The number of phenols is 1. The van der Waals surface area contributed by atoms with Crippen molar-refractivity contribution >= 4 is 29.0 Å². The van der Waals surface area contributed by atoms with Gasteiger partial charge in [0.2, 0.25) is 0 Å². The van der Waals surface area contributed by atoms with Gasteiger partial charge in [0.05, 0.1) is 9.85 Å². The molecule has 1 amide bonds. The molecule has 2 rings (SSSR count). The maximum absolute atomic E-state index is 12.2. The summed E-state index contributed by atoms with van der Waals surface area (Å²) < 4.78 is 0. The second-order valence-corrected chi connectivity index (χ2v) is 4.94. The van der Waals surface area contributed by atoms with E-state index in [0.29, 0.717) is 0 Å². The van der Waals surface area contributed by atoms with Gasteiger partial charge < -0.3 is 10.4 Å². The summed E-state index contributed by atoms with van der Waals surface area (Å²) >= 11 is 0. The summed E-state index contributed by atoms with van der Waals surface area (Å²) in [6.07, 6.45) is 1.10. The monoisotopic (exact) mass is 354 g/mol. The predicted octanol–water partition coefficient (Wildman–Crippen LogP) is 2.75. The number of carbonyl (C=O) groups is 1. The van der Waals surface area contributed by atoms with Gasteiger partial charge in [0, 0.05) is 23.9 Å². The number of rotatable bonds is 5. The number of amides is 1. The average molecular weight is 354 g/mol. The molecule has 0 radical (unpaired) electrons. The fourth-order valence-corrected chi connectivity index (χ4v) is 1.99. The van der Waals surface area contributed by atoms with Crippen LogP contribution in [0.1, 0.15) is 5.56 Å². The number of nitrogens with one attached hydrogen (secondary N) is 1. The number of benzene rings is 2. The van der Waals surface area contributed by atoms with Gasteiger partial charge in [-0.3, -0.25) is 25.0 Å². The Morgan fingerprint density at radius 2 is 1.88 bits per heavy atom. The first-order valence-electron chi connectivity index (χ1n) is 6.97. The normalized spacial score (nSPS) is 10.7. The number of phenolic OH excluding ortho intramolecular Hbond substituents is 1. The number of nitro groups is 2. The van der Waals surface area contributed by atoms with Gasteiger partial charge in [0.1, 0.15) is 11.6 Å². The number of carbonyl (C=O) groups excluding carboxylic acids is 1. The number of hydrogen-bond acceptors (Lipinski definition) is 7. The number of hydrogen-bond donors (Lipinski definition) is 2. The number of nitro benzene ring substituents is 2. The van der Waals surface area contributed by atoms with E-state index in [9.17, 15) is 30.1 Å². The van der Waals surface area contributed by atoms with Gasteiger partial charge >= 0.3 is 5.69 Å². The zero-order chi connectivity index (χ0) is 19.3. The zero-order valence-electron chi connectivity index (χ0n) is 12.9. The van der Waals surface area contributed by atoms with Crippen molar-refractivity contribution in [1.82, 2.24) is 0 Å². The molecule has 2 aromatic rings. The molecule has 0 bridgehead atoms. The van der Waals surface area contributed by atoms with E-state index in [-0.39, 0.29) is 22.5 Å². The largest absolute Gasteiger partial charge is 0.502 e. The molecule has 130 valence electrons. The maximum Gasteiger partial charge on any atom is 0.311 e. The van der Waals surface area contributed by atoms with E-state index >= 15 is 0 Å². The second kappa shape index (κ2) is 7.54. The van der Waals surface area contributed by atoms with Gasteiger partial charge in [-0.15, -0.1) is 0 Å². The van der Waals surface area contributed by atoms with Crippen LogP contribution in [-0.4, -0.2) is 20.9 Å². The lowest BCUT2D eigenvalue weighted by Crippen LogP contribution is -2.13. The first-order chi connectivity index (χ1) is 12.3. The van der Waals surface area contributed by atoms with Gasteiger partial charge in [0.15, 0.2) is 5.75 Å². The molecule has 0 aromatic heterocycles. The van der Waals surface area contributed by atoms with Crippen molar-refractivity contribution in [2.45, 2.75) is 0 Å². The molecule has 0 heterocycles. The Hall–Kier alpha value is -4.26. The third-order valence-electron chi connectivity index (χ3n) is 3.19. The van der Waals surface area contributed by atoms with Crippen molar-refractivity contribution in [2.24, 2.45) is 0 Å². The van der Waals surface area contributed by atoms with Crippen molar-refractivity contribution in [3.05, 3.63) is 73.8 Å². The number of non-ortho nitro benzene ring substituents is 1. The Morgan fingerprint density at radius 3 is 2.50 bits per heavy atom. The molecular weight excluding hydrogens is 344 g/mol. The summed E-state index contributed by atoms with van der Waals surface area (Å²) in [4.78, 5) is 32.3. The van der Waals surface area contributed by atoms with Crippen LogP contribution >= 0.6 is 0 Å². The van der Waals surface area contributed by atoms with E-state index in [4.69, 9.17) is 5.26 Å². The van der Waals surface area contributed by atoms with E-state index in [2.05, 4.69) is 5.32 Å². The molecule has 0 saturated heterocycles. The predicted molar refractivity (Wildman–Crippen MR) is 90.1 cm³/mol. The van der Waals surface area contributed by atoms with Gasteiger partial charge in [-0.2, -0.15) is 5.26 Å². The lowest BCUT2D eigenvalue weighted by atomic mass is 10.1. The highest BCUT2D eigenvalue weighted by molar-refractivity contribution is 6.09.